The van der Waals surface area contributed by atoms with E-state index in [0.29, 0.717) is 6.61 Å². The first-order valence-corrected chi connectivity index (χ1v) is 5.48. The Morgan fingerprint density at radius 2 is 2.31 bits per heavy atom. The van der Waals surface area contributed by atoms with Gasteiger partial charge in [-0.2, -0.15) is 5.10 Å². The Kier molecular flexibility index (Phi) is 3.54. The Morgan fingerprint density at radius 1 is 1.44 bits per heavy atom. The zero-order chi connectivity index (χ0) is 11.4. The van der Waals surface area contributed by atoms with Crippen molar-refractivity contribution in [2.24, 2.45) is 0 Å². The van der Waals surface area contributed by atoms with E-state index in [9.17, 15) is 0 Å². The van der Waals surface area contributed by atoms with Crippen LogP contribution in [0, 0.1) is 0 Å². The molecule has 1 aromatic carbocycles. The van der Waals surface area contributed by atoms with Crippen molar-refractivity contribution in [2.45, 2.75) is 20.1 Å². The first kappa shape index (κ1) is 11.1. The highest BCUT2D eigenvalue weighted by atomic mass is 16.5. The molecule has 0 amide bonds. The molecule has 0 bridgehead atoms. The summed E-state index contributed by atoms with van der Waals surface area (Å²) in [6.07, 6.45) is 1.82. The molecule has 0 aliphatic heterocycles. The second-order valence-electron chi connectivity index (χ2n) is 3.62. The van der Waals surface area contributed by atoms with E-state index in [-0.39, 0.29) is 6.61 Å². The third kappa shape index (κ3) is 2.23. The highest BCUT2D eigenvalue weighted by Gasteiger charge is 2.02. The van der Waals surface area contributed by atoms with Crippen molar-refractivity contribution in [1.29, 1.82) is 0 Å². The van der Waals surface area contributed by atoms with Crippen LogP contribution in [-0.2, 0) is 17.9 Å². The third-order valence-electron chi connectivity index (χ3n) is 2.54. The van der Waals surface area contributed by atoms with E-state index in [1.54, 1.807) is 0 Å². The van der Waals surface area contributed by atoms with Crippen molar-refractivity contribution in [2.75, 3.05) is 13.2 Å². The highest BCUT2D eigenvalue weighted by molar-refractivity contribution is 5.79. The van der Waals surface area contributed by atoms with Gasteiger partial charge in [-0.1, -0.05) is 6.07 Å². The molecule has 2 aromatic rings. The molecular weight excluding hydrogens is 204 g/mol. The number of hydrogen-bond donors (Lipinski definition) is 1. The molecule has 0 atom stereocenters. The van der Waals surface area contributed by atoms with Crippen molar-refractivity contribution in [3.05, 3.63) is 30.0 Å². The molecule has 4 heteroatoms. The Bertz CT molecular complexity index is 465. The zero-order valence-corrected chi connectivity index (χ0v) is 9.39. The van der Waals surface area contributed by atoms with Gasteiger partial charge in [-0.25, -0.2) is 0 Å². The quantitative estimate of drug-likeness (QED) is 0.778. The fourth-order valence-corrected chi connectivity index (χ4v) is 1.71. The third-order valence-corrected chi connectivity index (χ3v) is 2.54. The first-order chi connectivity index (χ1) is 7.85. The molecule has 0 spiro atoms. The lowest BCUT2D eigenvalue weighted by Gasteiger charge is -2.04. The minimum atomic E-state index is 0.0695. The maximum atomic E-state index is 9.03. The van der Waals surface area contributed by atoms with Crippen molar-refractivity contribution >= 4 is 10.9 Å². The summed E-state index contributed by atoms with van der Waals surface area (Å²) in [4.78, 5) is 0. The normalized spacial score (nSPS) is 11.1. The van der Waals surface area contributed by atoms with E-state index < -0.39 is 0 Å². The Labute approximate surface area is 94.5 Å². The molecule has 1 aromatic heterocycles. The van der Waals surface area contributed by atoms with Crippen molar-refractivity contribution in [3.8, 4) is 0 Å². The molecular formula is C12H16N2O2. The predicted molar refractivity (Wildman–Crippen MR) is 62.1 cm³/mol. The van der Waals surface area contributed by atoms with Crippen LogP contribution in [0.4, 0.5) is 0 Å². The maximum absolute atomic E-state index is 9.03. The van der Waals surface area contributed by atoms with Gasteiger partial charge in [0.25, 0.3) is 0 Å². The number of fused-ring (bicyclic) bond motifs is 1. The van der Waals surface area contributed by atoms with E-state index in [4.69, 9.17) is 9.84 Å². The van der Waals surface area contributed by atoms with Gasteiger partial charge in [0.15, 0.2) is 0 Å². The summed E-state index contributed by atoms with van der Waals surface area (Å²) < 4.78 is 7.22. The predicted octanol–water partition coefficient (Wildman–Crippen LogP) is 1.57. The molecule has 0 aliphatic carbocycles. The lowest BCUT2D eigenvalue weighted by Crippen LogP contribution is -2.06. The SMILES string of the molecule is CCOCCn1ncc2cc(CO)ccc21. The summed E-state index contributed by atoms with van der Waals surface area (Å²) in [5.74, 6) is 0. The van der Waals surface area contributed by atoms with E-state index in [1.165, 1.54) is 0 Å². The Morgan fingerprint density at radius 3 is 3.06 bits per heavy atom. The summed E-state index contributed by atoms with van der Waals surface area (Å²) >= 11 is 0. The Balaban J connectivity index is 2.20. The van der Waals surface area contributed by atoms with Gasteiger partial charge in [0.05, 0.1) is 31.5 Å². The van der Waals surface area contributed by atoms with Gasteiger partial charge in [0.1, 0.15) is 0 Å². The second-order valence-corrected chi connectivity index (χ2v) is 3.62. The summed E-state index contributed by atoms with van der Waals surface area (Å²) in [6, 6.07) is 5.86. The smallest absolute Gasteiger partial charge is 0.0683 e. The molecule has 0 fully saturated rings. The van der Waals surface area contributed by atoms with Crippen LogP contribution in [0.2, 0.25) is 0 Å². The highest BCUT2D eigenvalue weighted by Crippen LogP contribution is 2.15. The van der Waals surface area contributed by atoms with Crippen LogP contribution in [0.25, 0.3) is 10.9 Å². The second kappa shape index (κ2) is 5.09. The molecule has 0 saturated carbocycles. The van der Waals surface area contributed by atoms with Gasteiger partial charge in [-0.3, -0.25) is 4.68 Å². The number of rotatable bonds is 5. The number of aromatic nitrogens is 2. The zero-order valence-electron chi connectivity index (χ0n) is 9.39. The number of hydrogen-bond acceptors (Lipinski definition) is 3. The Hall–Kier alpha value is -1.39. The van der Waals surface area contributed by atoms with E-state index >= 15 is 0 Å². The van der Waals surface area contributed by atoms with Crippen molar-refractivity contribution in [1.82, 2.24) is 9.78 Å². The summed E-state index contributed by atoms with van der Waals surface area (Å²) in [7, 11) is 0. The summed E-state index contributed by atoms with van der Waals surface area (Å²) in [6.45, 7) is 4.22. The van der Waals surface area contributed by atoms with Crippen LogP contribution in [-0.4, -0.2) is 28.1 Å². The van der Waals surface area contributed by atoms with E-state index in [0.717, 1.165) is 29.6 Å². The van der Waals surface area contributed by atoms with Crippen LogP contribution in [0.15, 0.2) is 24.4 Å². The van der Waals surface area contributed by atoms with Crippen LogP contribution >= 0.6 is 0 Å². The fraction of sp³-hybridized carbons (Fsp3) is 0.417. The lowest BCUT2D eigenvalue weighted by atomic mass is 10.2. The lowest BCUT2D eigenvalue weighted by molar-refractivity contribution is 0.137. The van der Waals surface area contributed by atoms with Gasteiger partial charge in [-0.05, 0) is 24.6 Å². The molecule has 86 valence electrons. The minimum Gasteiger partial charge on any atom is -0.392 e. The monoisotopic (exact) mass is 220 g/mol. The van der Waals surface area contributed by atoms with Gasteiger partial charge >= 0.3 is 0 Å². The van der Waals surface area contributed by atoms with Crippen LogP contribution < -0.4 is 0 Å². The van der Waals surface area contributed by atoms with Gasteiger partial charge in [0.2, 0.25) is 0 Å². The average molecular weight is 220 g/mol. The standard InChI is InChI=1S/C12H16N2O2/c1-2-16-6-5-14-12-4-3-10(9-15)7-11(12)8-13-14/h3-4,7-8,15H,2,5-6,9H2,1H3. The molecule has 1 heterocycles. The largest absolute Gasteiger partial charge is 0.392 e. The van der Waals surface area contributed by atoms with Crippen LogP contribution in [0.3, 0.4) is 0 Å². The molecule has 0 saturated heterocycles. The van der Waals surface area contributed by atoms with Gasteiger partial charge in [-0.15, -0.1) is 0 Å². The van der Waals surface area contributed by atoms with E-state index in [2.05, 4.69) is 5.10 Å². The summed E-state index contributed by atoms with van der Waals surface area (Å²) in [5, 5.41) is 14.4. The number of aliphatic hydroxyl groups excluding tert-OH is 1. The van der Waals surface area contributed by atoms with Gasteiger partial charge < -0.3 is 9.84 Å². The summed E-state index contributed by atoms with van der Waals surface area (Å²) in [5.41, 5.74) is 1.99. The first-order valence-electron chi connectivity index (χ1n) is 5.48. The fourth-order valence-electron chi connectivity index (χ4n) is 1.71. The van der Waals surface area contributed by atoms with Gasteiger partial charge in [0, 0.05) is 12.0 Å². The van der Waals surface area contributed by atoms with Crippen molar-refractivity contribution < 1.29 is 9.84 Å². The number of benzene rings is 1. The molecule has 0 unspecified atom stereocenters. The van der Waals surface area contributed by atoms with Crippen LogP contribution in [0.5, 0.6) is 0 Å². The molecule has 1 N–H and O–H groups in total. The maximum Gasteiger partial charge on any atom is 0.0683 e. The van der Waals surface area contributed by atoms with E-state index in [1.807, 2.05) is 36.0 Å². The minimum absolute atomic E-state index is 0.0695. The number of ether oxygens (including phenoxy) is 1. The van der Waals surface area contributed by atoms with Crippen LogP contribution in [0.1, 0.15) is 12.5 Å². The average Bonchev–Trinajstić information content (AvgIpc) is 2.72. The van der Waals surface area contributed by atoms with Crippen molar-refractivity contribution in [3.63, 3.8) is 0 Å². The topological polar surface area (TPSA) is 47.3 Å². The molecule has 16 heavy (non-hydrogen) atoms. The number of nitrogens with zero attached hydrogens (tertiary/aromatic N) is 2. The molecule has 0 radical (unpaired) electrons. The molecule has 0 aliphatic rings. The number of aliphatic hydroxyl groups is 1. The molecule has 4 nitrogen and oxygen atoms in total. The molecule has 2 rings (SSSR count).